The van der Waals surface area contributed by atoms with Gasteiger partial charge in [-0.15, -0.1) is 0 Å². The van der Waals surface area contributed by atoms with E-state index in [4.69, 9.17) is 0 Å². The molecule has 3 heterocycles. The van der Waals surface area contributed by atoms with Gasteiger partial charge in [-0.25, -0.2) is 0 Å². The minimum Gasteiger partial charge on any atom is -0.480 e. The van der Waals surface area contributed by atoms with Crippen molar-refractivity contribution in [2.45, 2.75) is 57.4 Å². The summed E-state index contributed by atoms with van der Waals surface area (Å²) >= 11 is 0. The van der Waals surface area contributed by atoms with E-state index in [2.05, 4.69) is 24.8 Å². The summed E-state index contributed by atoms with van der Waals surface area (Å²) in [4.78, 5) is 30.2. The Labute approximate surface area is 195 Å². The summed E-state index contributed by atoms with van der Waals surface area (Å²) < 4.78 is 0. The monoisotopic (exact) mass is 445 g/mol. The molecule has 7 nitrogen and oxygen atoms in total. The van der Waals surface area contributed by atoms with Gasteiger partial charge >= 0.3 is 5.97 Å². The van der Waals surface area contributed by atoms with Crippen molar-refractivity contribution in [3.05, 3.63) is 90.3 Å². The molecule has 3 aromatic rings. The second-order valence-corrected chi connectivity index (χ2v) is 8.61. The molecule has 33 heavy (non-hydrogen) atoms. The molecule has 1 N–H and O–H groups in total. The summed E-state index contributed by atoms with van der Waals surface area (Å²) in [6.07, 6.45) is 10.4. The van der Waals surface area contributed by atoms with E-state index >= 15 is 0 Å². The minimum absolute atomic E-state index is 0.0441. The van der Waals surface area contributed by atoms with E-state index in [1.54, 1.807) is 6.20 Å². The standard InChI is InChI=1S/C26H31N5O2/c32-25(33)21-31(20-24-12-4-9-17-29-24)26(13-5-1-6-14-26)30(18-22-10-2-7-15-27-22)19-23-11-3-8-16-28-23/h2-4,7-12,15-17H,1,5-6,13-14,18-21H2,(H,32,33). The van der Waals surface area contributed by atoms with Crippen molar-refractivity contribution in [1.29, 1.82) is 0 Å². The van der Waals surface area contributed by atoms with Crippen LogP contribution in [-0.2, 0) is 24.4 Å². The molecule has 0 spiro atoms. The normalized spacial score (nSPS) is 15.6. The predicted octanol–water partition coefficient (Wildman–Crippen LogP) is 4.12. The van der Waals surface area contributed by atoms with Crippen molar-refractivity contribution in [3.8, 4) is 0 Å². The molecule has 0 unspecified atom stereocenters. The number of hydrogen-bond acceptors (Lipinski definition) is 6. The first kappa shape index (κ1) is 23.0. The quantitative estimate of drug-likeness (QED) is 0.470. The Morgan fingerprint density at radius 1 is 0.727 bits per heavy atom. The number of carbonyl (C=O) groups is 1. The summed E-state index contributed by atoms with van der Waals surface area (Å²) in [5.74, 6) is -0.827. The van der Waals surface area contributed by atoms with Crippen LogP contribution in [0.1, 0.15) is 49.2 Å². The predicted molar refractivity (Wildman–Crippen MR) is 126 cm³/mol. The molecular formula is C26H31N5O2. The van der Waals surface area contributed by atoms with Crippen LogP contribution in [0.4, 0.5) is 0 Å². The van der Waals surface area contributed by atoms with Gasteiger partial charge in [0.2, 0.25) is 0 Å². The summed E-state index contributed by atoms with van der Waals surface area (Å²) in [5.41, 5.74) is 2.38. The first-order chi connectivity index (χ1) is 16.2. The fourth-order valence-electron chi connectivity index (χ4n) is 4.88. The Bertz CT molecular complexity index is 953. The lowest BCUT2D eigenvalue weighted by molar-refractivity contribution is -0.149. The highest BCUT2D eigenvalue weighted by Crippen LogP contribution is 2.39. The number of carboxylic acids is 1. The Morgan fingerprint density at radius 2 is 1.18 bits per heavy atom. The molecule has 0 atom stereocenters. The molecule has 0 aliphatic heterocycles. The van der Waals surface area contributed by atoms with E-state index in [0.29, 0.717) is 19.6 Å². The maximum absolute atomic E-state index is 12.0. The van der Waals surface area contributed by atoms with Gasteiger partial charge in [-0.1, -0.05) is 37.5 Å². The van der Waals surface area contributed by atoms with Gasteiger partial charge in [-0.05, 0) is 49.2 Å². The van der Waals surface area contributed by atoms with Crippen molar-refractivity contribution in [2.24, 2.45) is 0 Å². The maximum atomic E-state index is 12.0. The highest BCUT2D eigenvalue weighted by Gasteiger charge is 2.44. The van der Waals surface area contributed by atoms with Crippen LogP contribution in [0.5, 0.6) is 0 Å². The molecule has 1 aliphatic carbocycles. The lowest BCUT2D eigenvalue weighted by Crippen LogP contribution is -2.61. The average Bonchev–Trinajstić information content (AvgIpc) is 2.85. The number of aromatic nitrogens is 3. The Kier molecular flexibility index (Phi) is 7.75. The zero-order chi connectivity index (χ0) is 22.9. The van der Waals surface area contributed by atoms with Crippen molar-refractivity contribution < 1.29 is 9.90 Å². The van der Waals surface area contributed by atoms with E-state index in [0.717, 1.165) is 49.2 Å². The molecule has 3 aromatic heterocycles. The van der Waals surface area contributed by atoms with E-state index in [9.17, 15) is 9.90 Å². The Hall–Kier alpha value is -3.16. The van der Waals surface area contributed by atoms with E-state index in [1.807, 2.05) is 67.0 Å². The smallest absolute Gasteiger partial charge is 0.317 e. The number of nitrogens with zero attached hydrogens (tertiary/aromatic N) is 5. The van der Waals surface area contributed by atoms with Crippen LogP contribution in [-0.4, -0.2) is 48.0 Å². The lowest BCUT2D eigenvalue weighted by atomic mass is 9.85. The highest BCUT2D eigenvalue weighted by atomic mass is 16.4. The zero-order valence-corrected chi connectivity index (χ0v) is 18.9. The third-order valence-corrected chi connectivity index (χ3v) is 6.39. The fourth-order valence-corrected chi connectivity index (χ4v) is 4.88. The molecule has 172 valence electrons. The first-order valence-electron chi connectivity index (χ1n) is 11.6. The molecular weight excluding hydrogens is 414 g/mol. The van der Waals surface area contributed by atoms with Crippen LogP contribution in [0.25, 0.3) is 0 Å². The van der Waals surface area contributed by atoms with Gasteiger partial charge in [0.25, 0.3) is 0 Å². The first-order valence-corrected chi connectivity index (χ1v) is 11.6. The van der Waals surface area contributed by atoms with Gasteiger partial charge in [-0.2, -0.15) is 0 Å². The van der Waals surface area contributed by atoms with Gasteiger partial charge in [0.05, 0.1) is 29.3 Å². The third kappa shape index (κ3) is 6.00. The number of aliphatic carboxylic acids is 1. The van der Waals surface area contributed by atoms with Gasteiger partial charge in [-0.3, -0.25) is 29.5 Å². The largest absolute Gasteiger partial charge is 0.480 e. The number of pyridine rings is 3. The minimum atomic E-state index is -0.827. The summed E-state index contributed by atoms with van der Waals surface area (Å²) in [6, 6.07) is 17.7. The molecule has 1 fully saturated rings. The maximum Gasteiger partial charge on any atom is 0.317 e. The van der Waals surface area contributed by atoms with Crippen LogP contribution in [0.15, 0.2) is 73.2 Å². The molecule has 1 aliphatic rings. The highest BCUT2D eigenvalue weighted by molar-refractivity contribution is 5.69. The molecule has 7 heteroatoms. The van der Waals surface area contributed by atoms with Gasteiger partial charge in [0, 0.05) is 38.2 Å². The van der Waals surface area contributed by atoms with Crippen LogP contribution in [0.3, 0.4) is 0 Å². The topological polar surface area (TPSA) is 82.5 Å². The number of rotatable bonds is 10. The molecule has 0 aromatic carbocycles. The molecule has 1 saturated carbocycles. The van der Waals surface area contributed by atoms with Crippen molar-refractivity contribution in [3.63, 3.8) is 0 Å². The van der Waals surface area contributed by atoms with Gasteiger partial charge in [0.1, 0.15) is 0 Å². The van der Waals surface area contributed by atoms with Crippen molar-refractivity contribution in [1.82, 2.24) is 24.8 Å². The van der Waals surface area contributed by atoms with Crippen LogP contribution < -0.4 is 0 Å². The second-order valence-electron chi connectivity index (χ2n) is 8.61. The lowest BCUT2D eigenvalue weighted by Gasteiger charge is -2.52. The zero-order valence-electron chi connectivity index (χ0n) is 18.9. The van der Waals surface area contributed by atoms with Gasteiger partial charge < -0.3 is 5.11 Å². The van der Waals surface area contributed by atoms with E-state index < -0.39 is 11.6 Å². The van der Waals surface area contributed by atoms with E-state index in [-0.39, 0.29) is 6.54 Å². The third-order valence-electron chi connectivity index (χ3n) is 6.39. The summed E-state index contributed by atoms with van der Waals surface area (Å²) in [5, 5.41) is 9.86. The second kappa shape index (κ2) is 11.1. The van der Waals surface area contributed by atoms with Crippen LogP contribution >= 0.6 is 0 Å². The summed E-state index contributed by atoms with van der Waals surface area (Å²) in [6.45, 7) is 1.68. The van der Waals surface area contributed by atoms with Crippen LogP contribution in [0.2, 0.25) is 0 Å². The fraction of sp³-hybridized carbons (Fsp3) is 0.385. The SMILES string of the molecule is O=C(O)CN(Cc1ccccn1)C1(N(Cc2ccccn2)Cc2ccccn2)CCCCC1. The molecule has 0 radical (unpaired) electrons. The van der Waals surface area contributed by atoms with Crippen molar-refractivity contribution in [2.75, 3.05) is 6.54 Å². The molecule has 0 bridgehead atoms. The molecule has 0 saturated heterocycles. The average molecular weight is 446 g/mol. The number of carboxylic acid groups (broad SMARTS) is 1. The van der Waals surface area contributed by atoms with E-state index in [1.165, 1.54) is 0 Å². The Balaban J connectivity index is 1.74. The van der Waals surface area contributed by atoms with Crippen molar-refractivity contribution >= 4 is 5.97 Å². The molecule has 0 amide bonds. The Morgan fingerprint density at radius 3 is 1.58 bits per heavy atom. The number of hydrogen-bond donors (Lipinski definition) is 1. The van der Waals surface area contributed by atoms with Gasteiger partial charge in [0.15, 0.2) is 0 Å². The van der Waals surface area contributed by atoms with Crippen LogP contribution in [0, 0.1) is 0 Å². The molecule has 4 rings (SSSR count). The summed E-state index contributed by atoms with van der Waals surface area (Å²) in [7, 11) is 0.